The van der Waals surface area contributed by atoms with Gasteiger partial charge in [-0.1, -0.05) is 45.9 Å². The summed E-state index contributed by atoms with van der Waals surface area (Å²) in [7, 11) is 2.47. The minimum absolute atomic E-state index is 0.206. The van der Waals surface area contributed by atoms with Crippen molar-refractivity contribution in [2.45, 2.75) is 9.79 Å². The molecule has 0 heterocycles. The Morgan fingerprint density at radius 2 is 0.929 bits per heavy atom. The molecule has 0 unspecified atom stereocenters. The third-order valence-corrected chi connectivity index (χ3v) is 4.94. The molecule has 0 atom stereocenters. The van der Waals surface area contributed by atoms with Crippen LogP contribution in [0.15, 0.2) is 58.3 Å². The van der Waals surface area contributed by atoms with Crippen molar-refractivity contribution in [1.29, 1.82) is 10.8 Å². The van der Waals surface area contributed by atoms with Crippen LogP contribution in [0.4, 0.5) is 0 Å². The van der Waals surface area contributed by atoms with Gasteiger partial charge in [-0.3, -0.25) is 10.8 Å². The van der Waals surface area contributed by atoms with Crippen LogP contribution in [-0.2, 0) is 0 Å². The number of carbonyl (C=O) groups is 2. The second kappa shape index (κ2) is 12.9. The molecule has 150 valence electrons. The minimum atomic E-state index is -1.000. The zero-order chi connectivity index (χ0) is 21.7. The van der Waals surface area contributed by atoms with E-state index in [2.05, 4.69) is 22.9 Å². The Balaban J connectivity index is 0.000000776. The van der Waals surface area contributed by atoms with E-state index in [0.29, 0.717) is 9.79 Å². The molecule has 10 nitrogen and oxygen atoms in total. The molecule has 0 radical (unpaired) electrons. The highest BCUT2D eigenvalue weighted by Gasteiger charge is 2.13. The molecule has 0 aromatic heterocycles. The molecule has 0 amide bonds. The Hall–Kier alpha value is -3.38. The van der Waals surface area contributed by atoms with Crippen molar-refractivity contribution in [3.63, 3.8) is 0 Å². The Morgan fingerprint density at radius 3 is 1.18 bits per heavy atom. The van der Waals surface area contributed by atoms with Crippen molar-refractivity contribution in [2.24, 2.45) is 22.9 Å². The molecule has 12 N–H and O–H groups in total. The number of rotatable bonds is 5. The van der Waals surface area contributed by atoms with E-state index < -0.39 is 11.9 Å². The van der Waals surface area contributed by atoms with Gasteiger partial charge in [0.15, 0.2) is 11.9 Å². The molecule has 0 fully saturated rings. The van der Waals surface area contributed by atoms with Gasteiger partial charge in [0.2, 0.25) is 0 Å². The second-order valence-electron chi connectivity index (χ2n) is 4.68. The summed E-state index contributed by atoms with van der Waals surface area (Å²) in [6.45, 7) is 0. The Labute approximate surface area is 168 Å². The van der Waals surface area contributed by atoms with E-state index in [1.54, 1.807) is 36.4 Å². The van der Waals surface area contributed by atoms with E-state index in [1.165, 1.54) is 33.7 Å². The van der Waals surface area contributed by atoms with Crippen molar-refractivity contribution in [1.82, 2.24) is 0 Å². The summed E-state index contributed by atoms with van der Waals surface area (Å²) in [6, 6.07) is 13.3. The van der Waals surface area contributed by atoms with Crippen LogP contribution < -0.4 is 22.9 Å². The number of nitrogens with one attached hydrogen (secondary N) is 2. The summed E-state index contributed by atoms with van der Waals surface area (Å²) in [5.74, 6) is -2.67. The van der Waals surface area contributed by atoms with Gasteiger partial charge >= 0.3 is 11.9 Å². The van der Waals surface area contributed by atoms with E-state index >= 15 is 0 Å². The number of guanidine groups is 2. The first-order valence-corrected chi connectivity index (χ1v) is 9.39. The number of carboxylic acids is 2. The lowest BCUT2D eigenvalue weighted by Gasteiger charge is -2.06. The highest BCUT2D eigenvalue weighted by atomic mass is 33.1. The highest BCUT2D eigenvalue weighted by molar-refractivity contribution is 8.76. The van der Waals surface area contributed by atoms with Gasteiger partial charge in [-0.25, -0.2) is 9.59 Å². The standard InChI is InChI=1S/C14H10O4S2.2CH5N3/c15-13(16)9-5-1-3-7-11(9)19-20-12-8-4-2-6-10(12)14(17)18;2*2-1(3)4/h1-8H,(H,15,16)(H,17,18);2*(H5,2,3,4). The first-order chi connectivity index (χ1) is 13.1. The molecular weight excluding hydrogens is 404 g/mol. The molecule has 0 bridgehead atoms. The molecule has 0 aliphatic heterocycles. The van der Waals surface area contributed by atoms with E-state index in [-0.39, 0.29) is 23.0 Å². The Kier molecular flexibility index (Phi) is 11.3. The third kappa shape index (κ3) is 10.6. The molecule has 0 aliphatic carbocycles. The Morgan fingerprint density at radius 1 is 0.679 bits per heavy atom. The average molecular weight is 425 g/mol. The molecule has 2 aromatic rings. The summed E-state index contributed by atoms with van der Waals surface area (Å²) in [6.07, 6.45) is 0. The lowest BCUT2D eigenvalue weighted by molar-refractivity contribution is 0.0682. The predicted molar refractivity (Wildman–Crippen MR) is 111 cm³/mol. The third-order valence-electron chi connectivity index (χ3n) is 2.46. The largest absolute Gasteiger partial charge is 0.478 e. The van der Waals surface area contributed by atoms with Crippen LogP contribution in [-0.4, -0.2) is 34.1 Å². The maximum atomic E-state index is 11.1. The van der Waals surface area contributed by atoms with Crippen molar-refractivity contribution in [2.75, 3.05) is 0 Å². The second-order valence-corrected chi connectivity index (χ2v) is 6.89. The lowest BCUT2D eigenvalue weighted by atomic mass is 10.2. The van der Waals surface area contributed by atoms with E-state index in [1.807, 2.05) is 0 Å². The summed E-state index contributed by atoms with van der Waals surface area (Å²) < 4.78 is 0. The smallest absolute Gasteiger partial charge is 0.336 e. The number of hydrogen-bond acceptors (Lipinski definition) is 6. The van der Waals surface area contributed by atoms with Crippen LogP contribution in [0.1, 0.15) is 20.7 Å². The van der Waals surface area contributed by atoms with E-state index in [9.17, 15) is 9.59 Å². The van der Waals surface area contributed by atoms with Gasteiger partial charge in [0.25, 0.3) is 0 Å². The highest BCUT2D eigenvalue weighted by Crippen LogP contribution is 2.40. The summed E-state index contributed by atoms with van der Waals surface area (Å²) in [4.78, 5) is 23.4. The van der Waals surface area contributed by atoms with Gasteiger partial charge < -0.3 is 33.1 Å². The predicted octanol–water partition coefficient (Wildman–Crippen LogP) is 1.56. The van der Waals surface area contributed by atoms with Crippen LogP contribution in [0.3, 0.4) is 0 Å². The molecule has 2 rings (SSSR count). The maximum Gasteiger partial charge on any atom is 0.336 e. The fourth-order valence-electron chi connectivity index (χ4n) is 1.52. The SMILES string of the molecule is N=C(N)N.N=C(N)N.O=C(O)c1ccccc1SSc1ccccc1C(=O)O. The van der Waals surface area contributed by atoms with Crippen molar-refractivity contribution in [3.05, 3.63) is 59.7 Å². The molecule has 0 saturated heterocycles. The number of nitrogens with two attached hydrogens (primary N) is 4. The average Bonchev–Trinajstić information content (AvgIpc) is 2.59. The first kappa shape index (κ1) is 24.6. The van der Waals surface area contributed by atoms with Crippen molar-refractivity contribution >= 4 is 45.4 Å². The normalized spacial score (nSPS) is 9.00. The van der Waals surface area contributed by atoms with Gasteiger partial charge in [-0.15, -0.1) is 0 Å². The van der Waals surface area contributed by atoms with Crippen molar-refractivity contribution in [3.8, 4) is 0 Å². The quantitative estimate of drug-likeness (QED) is 0.196. The van der Waals surface area contributed by atoms with Gasteiger partial charge in [-0.2, -0.15) is 0 Å². The number of hydrogen-bond donors (Lipinski definition) is 8. The molecule has 12 heteroatoms. The molecule has 28 heavy (non-hydrogen) atoms. The number of aromatic carboxylic acids is 2. The topological polar surface area (TPSA) is 226 Å². The van der Waals surface area contributed by atoms with E-state index in [0.717, 1.165) is 0 Å². The molecule has 0 spiro atoms. The molecule has 0 saturated carbocycles. The van der Waals surface area contributed by atoms with Crippen LogP contribution >= 0.6 is 21.6 Å². The van der Waals surface area contributed by atoms with Crippen LogP contribution in [0.2, 0.25) is 0 Å². The van der Waals surface area contributed by atoms with Gasteiger partial charge in [0.1, 0.15) is 0 Å². The van der Waals surface area contributed by atoms with E-state index in [4.69, 9.17) is 21.0 Å². The number of carboxylic acid groups (broad SMARTS) is 2. The summed E-state index contributed by atoms with van der Waals surface area (Å²) in [5, 5.41) is 30.3. The summed E-state index contributed by atoms with van der Waals surface area (Å²) >= 11 is 0. The van der Waals surface area contributed by atoms with Crippen LogP contribution in [0.25, 0.3) is 0 Å². The monoisotopic (exact) mass is 424 g/mol. The van der Waals surface area contributed by atoms with Crippen molar-refractivity contribution < 1.29 is 19.8 Å². The van der Waals surface area contributed by atoms with Gasteiger partial charge in [-0.05, 0) is 24.3 Å². The Bertz CT molecular complexity index is 770. The van der Waals surface area contributed by atoms with Gasteiger partial charge in [0.05, 0.1) is 11.1 Å². The van der Waals surface area contributed by atoms with Gasteiger partial charge in [0, 0.05) is 9.79 Å². The maximum absolute atomic E-state index is 11.1. The summed E-state index contributed by atoms with van der Waals surface area (Å²) in [5.41, 5.74) is 18.3. The zero-order valence-corrected chi connectivity index (χ0v) is 16.1. The molecule has 0 aliphatic rings. The van der Waals surface area contributed by atoms with Crippen LogP contribution in [0, 0.1) is 10.8 Å². The zero-order valence-electron chi connectivity index (χ0n) is 14.5. The lowest BCUT2D eigenvalue weighted by Crippen LogP contribution is -2.20. The fourth-order valence-corrected chi connectivity index (χ4v) is 3.87. The minimum Gasteiger partial charge on any atom is -0.478 e. The number of benzene rings is 2. The van der Waals surface area contributed by atoms with Crippen LogP contribution in [0.5, 0.6) is 0 Å². The molecular formula is C16H20N6O4S2. The molecule has 2 aromatic carbocycles. The fraction of sp³-hybridized carbons (Fsp3) is 0. The first-order valence-electron chi connectivity index (χ1n) is 7.24.